The van der Waals surface area contributed by atoms with Crippen LogP contribution in [0.5, 0.6) is 0 Å². The van der Waals surface area contributed by atoms with Gasteiger partial charge in [-0.25, -0.2) is 4.79 Å². The summed E-state index contributed by atoms with van der Waals surface area (Å²) in [5, 5.41) is 9.47. The summed E-state index contributed by atoms with van der Waals surface area (Å²) < 4.78 is 0. The zero-order valence-electron chi connectivity index (χ0n) is 13.3. The quantitative estimate of drug-likeness (QED) is 0.813. The molecule has 0 unspecified atom stereocenters. The van der Waals surface area contributed by atoms with E-state index in [1.54, 1.807) is 12.3 Å². The molecule has 5 heteroatoms. The molecule has 1 fully saturated rings. The molecule has 1 saturated heterocycles. The van der Waals surface area contributed by atoms with Crippen molar-refractivity contribution >= 4 is 35.2 Å². The van der Waals surface area contributed by atoms with E-state index in [2.05, 4.69) is 22.0 Å². The maximum Gasteiger partial charge on any atom is 0.335 e. The zero-order valence-corrected chi connectivity index (χ0v) is 14.0. The lowest BCUT2D eigenvalue weighted by Gasteiger charge is -2.28. The van der Waals surface area contributed by atoms with Crippen LogP contribution in [0.1, 0.15) is 35.2 Å². The molecule has 1 N–H and O–H groups in total. The molecule has 1 aliphatic heterocycles. The number of anilines is 1. The molecular weight excluding hydrogens is 324 g/mol. The van der Waals surface area contributed by atoms with Gasteiger partial charge in [0, 0.05) is 25.0 Å². The van der Waals surface area contributed by atoms with Gasteiger partial charge in [0.15, 0.2) is 0 Å². The van der Waals surface area contributed by atoms with Crippen molar-refractivity contribution in [3.63, 3.8) is 0 Å². The van der Waals surface area contributed by atoms with Gasteiger partial charge in [-0.2, -0.15) is 0 Å². The lowest BCUT2D eigenvalue weighted by molar-refractivity contribution is 0.0697. The van der Waals surface area contributed by atoms with E-state index in [4.69, 9.17) is 16.7 Å². The Morgan fingerprint density at radius 2 is 1.79 bits per heavy atom. The number of carboxylic acids is 1. The fourth-order valence-corrected chi connectivity index (χ4v) is 2.98. The fraction of sp³-hybridized carbons (Fsp3) is 0.263. The maximum atomic E-state index is 11.0. The topological polar surface area (TPSA) is 52.9 Å². The van der Waals surface area contributed by atoms with Gasteiger partial charge >= 0.3 is 5.97 Å². The summed E-state index contributed by atoms with van der Waals surface area (Å²) in [4.78, 5) is 17.8. The number of hydrogen-bond donors (Lipinski definition) is 1. The van der Waals surface area contributed by atoms with Crippen LogP contribution in [-0.2, 0) is 0 Å². The number of nitrogens with zero attached hydrogens (tertiary/aromatic N) is 2. The minimum atomic E-state index is -0.992. The van der Waals surface area contributed by atoms with E-state index in [0.717, 1.165) is 18.7 Å². The molecule has 2 aromatic carbocycles. The highest BCUT2D eigenvalue weighted by Gasteiger charge is 2.10. The second-order valence-corrected chi connectivity index (χ2v) is 6.28. The van der Waals surface area contributed by atoms with E-state index < -0.39 is 5.97 Å². The van der Waals surface area contributed by atoms with Crippen molar-refractivity contribution in [1.29, 1.82) is 0 Å². The molecular formula is C19H19ClN2O2. The third kappa shape index (κ3) is 3.95. The number of halogens is 1. The standard InChI is InChI=1S/C19H19ClN2O2/c20-17-9-6-15(19(23)24)12-18(17)21-13-14-4-7-16(8-5-14)22-10-2-1-3-11-22/h4-9,12-13H,1-3,10-11H2,(H,23,24). The van der Waals surface area contributed by atoms with Gasteiger partial charge < -0.3 is 10.0 Å². The third-order valence-electron chi connectivity index (χ3n) is 4.16. The largest absolute Gasteiger partial charge is 0.478 e. The van der Waals surface area contributed by atoms with Gasteiger partial charge in [0.05, 0.1) is 16.3 Å². The van der Waals surface area contributed by atoms with Crippen LogP contribution < -0.4 is 4.90 Å². The Labute approximate surface area is 146 Å². The first kappa shape index (κ1) is 16.5. The summed E-state index contributed by atoms with van der Waals surface area (Å²) in [6, 6.07) is 12.7. The van der Waals surface area contributed by atoms with E-state index in [9.17, 15) is 4.79 Å². The van der Waals surface area contributed by atoms with Gasteiger partial charge in [0.1, 0.15) is 0 Å². The van der Waals surface area contributed by atoms with Crippen molar-refractivity contribution in [2.24, 2.45) is 4.99 Å². The van der Waals surface area contributed by atoms with Crippen molar-refractivity contribution in [3.8, 4) is 0 Å². The molecule has 0 aliphatic carbocycles. The number of carboxylic acid groups (broad SMARTS) is 1. The van der Waals surface area contributed by atoms with Crippen LogP contribution >= 0.6 is 11.6 Å². The number of benzene rings is 2. The average molecular weight is 343 g/mol. The van der Waals surface area contributed by atoms with Gasteiger partial charge in [-0.15, -0.1) is 0 Å². The van der Waals surface area contributed by atoms with E-state index in [1.165, 1.54) is 37.1 Å². The van der Waals surface area contributed by atoms with Crippen LogP contribution in [0.3, 0.4) is 0 Å². The Morgan fingerprint density at radius 3 is 2.46 bits per heavy atom. The molecule has 0 saturated carbocycles. The first-order valence-electron chi connectivity index (χ1n) is 8.05. The van der Waals surface area contributed by atoms with Gasteiger partial charge in [-0.3, -0.25) is 4.99 Å². The smallest absolute Gasteiger partial charge is 0.335 e. The molecule has 4 nitrogen and oxygen atoms in total. The van der Waals surface area contributed by atoms with Gasteiger partial charge in [-0.05, 0) is 55.2 Å². The fourth-order valence-electron chi connectivity index (χ4n) is 2.81. The molecule has 24 heavy (non-hydrogen) atoms. The lowest BCUT2D eigenvalue weighted by Crippen LogP contribution is -2.29. The Morgan fingerprint density at radius 1 is 1.08 bits per heavy atom. The van der Waals surface area contributed by atoms with E-state index in [0.29, 0.717) is 10.7 Å². The third-order valence-corrected chi connectivity index (χ3v) is 4.48. The molecule has 1 heterocycles. The van der Waals surface area contributed by atoms with Crippen molar-refractivity contribution < 1.29 is 9.90 Å². The molecule has 124 valence electrons. The second kappa shape index (κ2) is 7.49. The molecule has 1 aliphatic rings. The number of aromatic carboxylic acids is 1. The normalized spacial score (nSPS) is 15.0. The van der Waals surface area contributed by atoms with Crippen molar-refractivity contribution in [2.45, 2.75) is 19.3 Å². The average Bonchev–Trinajstić information content (AvgIpc) is 2.62. The highest BCUT2D eigenvalue weighted by molar-refractivity contribution is 6.33. The van der Waals surface area contributed by atoms with Gasteiger partial charge in [-0.1, -0.05) is 23.7 Å². The predicted octanol–water partition coefficient (Wildman–Crippen LogP) is 4.78. The minimum Gasteiger partial charge on any atom is -0.478 e. The second-order valence-electron chi connectivity index (χ2n) is 5.87. The molecule has 2 aromatic rings. The molecule has 3 rings (SSSR count). The van der Waals surface area contributed by atoms with Crippen molar-refractivity contribution in [3.05, 3.63) is 58.6 Å². The summed E-state index contributed by atoms with van der Waals surface area (Å²) in [6.45, 7) is 2.23. The lowest BCUT2D eigenvalue weighted by atomic mass is 10.1. The molecule has 0 aromatic heterocycles. The van der Waals surface area contributed by atoms with E-state index in [-0.39, 0.29) is 5.56 Å². The Kier molecular flexibility index (Phi) is 5.16. The van der Waals surface area contributed by atoms with E-state index >= 15 is 0 Å². The SMILES string of the molecule is O=C(O)c1ccc(Cl)c(N=Cc2ccc(N3CCCCC3)cc2)c1. The summed E-state index contributed by atoms with van der Waals surface area (Å²) >= 11 is 6.08. The first-order chi connectivity index (χ1) is 11.6. The Bertz CT molecular complexity index is 750. The molecule has 0 radical (unpaired) electrons. The number of carbonyl (C=O) groups is 1. The first-order valence-corrected chi connectivity index (χ1v) is 8.43. The molecule has 0 bridgehead atoms. The Hall–Kier alpha value is -2.33. The van der Waals surface area contributed by atoms with Crippen LogP contribution in [0.25, 0.3) is 0 Å². The zero-order chi connectivity index (χ0) is 16.9. The summed E-state index contributed by atoms with van der Waals surface area (Å²) in [7, 11) is 0. The van der Waals surface area contributed by atoms with E-state index in [1.807, 2.05) is 12.1 Å². The summed E-state index contributed by atoms with van der Waals surface area (Å²) in [5.74, 6) is -0.992. The maximum absolute atomic E-state index is 11.0. The number of piperidine rings is 1. The number of aliphatic imine (C=N–C) groups is 1. The predicted molar refractivity (Wildman–Crippen MR) is 98.2 cm³/mol. The Balaban J connectivity index is 1.75. The molecule has 0 atom stereocenters. The van der Waals surface area contributed by atoms with Crippen LogP contribution in [-0.4, -0.2) is 30.4 Å². The van der Waals surface area contributed by atoms with Crippen LogP contribution in [0.15, 0.2) is 47.5 Å². The van der Waals surface area contributed by atoms with Crippen molar-refractivity contribution in [2.75, 3.05) is 18.0 Å². The molecule has 0 spiro atoms. The number of rotatable bonds is 4. The van der Waals surface area contributed by atoms with Crippen LogP contribution in [0.4, 0.5) is 11.4 Å². The van der Waals surface area contributed by atoms with Gasteiger partial charge in [0.2, 0.25) is 0 Å². The van der Waals surface area contributed by atoms with Crippen molar-refractivity contribution in [1.82, 2.24) is 0 Å². The number of hydrogen-bond acceptors (Lipinski definition) is 3. The summed E-state index contributed by atoms with van der Waals surface area (Å²) in [5.41, 5.74) is 2.81. The van der Waals surface area contributed by atoms with Crippen LogP contribution in [0, 0.1) is 0 Å². The summed E-state index contributed by atoms with van der Waals surface area (Å²) in [6.07, 6.45) is 5.52. The van der Waals surface area contributed by atoms with Gasteiger partial charge in [0.25, 0.3) is 0 Å². The van der Waals surface area contributed by atoms with Crippen LogP contribution in [0.2, 0.25) is 5.02 Å². The minimum absolute atomic E-state index is 0.173. The highest BCUT2D eigenvalue weighted by atomic mass is 35.5. The monoisotopic (exact) mass is 342 g/mol. The molecule has 0 amide bonds. The highest BCUT2D eigenvalue weighted by Crippen LogP contribution is 2.26.